The van der Waals surface area contributed by atoms with E-state index < -0.39 is 0 Å². The summed E-state index contributed by atoms with van der Waals surface area (Å²) in [5.74, 6) is 0.388. The first-order chi connectivity index (χ1) is 29.3. The van der Waals surface area contributed by atoms with Crippen molar-refractivity contribution in [1.29, 1.82) is 0 Å². The SMILES string of the molecule is CC(C)(C)c1ccc(N2c3ccc(C(C)(C)C)cc3B3c4cc(C(C)(C)C)ccc4N4c5cc(cc2c53)C(C)(C2=CCCC=C2)C2=CC=CC(C2)C(C)(C)C2=CC=CC4C2)cc1. The summed E-state index contributed by atoms with van der Waals surface area (Å²) in [7, 11) is 0. The van der Waals surface area contributed by atoms with Crippen LogP contribution in [-0.2, 0) is 21.7 Å². The van der Waals surface area contributed by atoms with Crippen LogP contribution in [0.2, 0.25) is 0 Å². The number of benzene rings is 4. The Morgan fingerprint density at radius 3 is 1.84 bits per heavy atom. The molecule has 4 aromatic carbocycles. The number of nitrogens with zero attached hydrogens (tertiary/aromatic N) is 2. The second kappa shape index (κ2) is 14.0. The first kappa shape index (κ1) is 41.0. The summed E-state index contributed by atoms with van der Waals surface area (Å²) in [6, 6.07) is 29.9. The average molecular weight is 815 g/mol. The van der Waals surface area contributed by atoms with Crippen molar-refractivity contribution >= 4 is 51.5 Å². The molecule has 2 nitrogen and oxygen atoms in total. The molecule has 3 unspecified atom stereocenters. The Morgan fingerprint density at radius 1 is 0.597 bits per heavy atom. The van der Waals surface area contributed by atoms with E-state index in [1.54, 1.807) is 5.57 Å². The summed E-state index contributed by atoms with van der Waals surface area (Å²) >= 11 is 0. The van der Waals surface area contributed by atoms with Crippen LogP contribution in [0.3, 0.4) is 0 Å². The Morgan fingerprint density at radius 2 is 1.19 bits per heavy atom. The molecule has 3 heterocycles. The molecule has 0 spiro atoms. The molecule has 316 valence electrons. The van der Waals surface area contributed by atoms with Crippen molar-refractivity contribution in [1.82, 2.24) is 0 Å². The highest BCUT2D eigenvalue weighted by Gasteiger charge is 2.49. The van der Waals surface area contributed by atoms with E-state index in [2.05, 4.69) is 220 Å². The van der Waals surface area contributed by atoms with Crippen LogP contribution < -0.4 is 26.2 Å². The van der Waals surface area contributed by atoms with Crippen LogP contribution in [0.15, 0.2) is 144 Å². The van der Waals surface area contributed by atoms with Gasteiger partial charge in [0, 0.05) is 33.9 Å². The van der Waals surface area contributed by atoms with Crippen molar-refractivity contribution < 1.29 is 0 Å². The molecule has 0 radical (unpaired) electrons. The molecule has 6 bridgehead atoms. The maximum atomic E-state index is 2.78. The summed E-state index contributed by atoms with van der Waals surface area (Å²) in [5, 5.41) is 0. The number of allylic oxidation sites excluding steroid dienone is 10. The van der Waals surface area contributed by atoms with E-state index in [1.807, 2.05) is 0 Å². The summed E-state index contributed by atoms with van der Waals surface area (Å²) in [6.45, 7) is 28.8. The second-order valence-electron chi connectivity index (χ2n) is 23.1. The lowest BCUT2D eigenvalue weighted by Crippen LogP contribution is -2.63. The van der Waals surface area contributed by atoms with E-state index in [1.165, 1.54) is 78.2 Å². The fourth-order valence-corrected chi connectivity index (χ4v) is 11.6. The molecule has 0 saturated heterocycles. The van der Waals surface area contributed by atoms with E-state index in [4.69, 9.17) is 0 Å². The van der Waals surface area contributed by atoms with Gasteiger partial charge < -0.3 is 9.80 Å². The van der Waals surface area contributed by atoms with Crippen LogP contribution in [0.4, 0.5) is 28.4 Å². The molecule has 3 heteroatoms. The van der Waals surface area contributed by atoms with Gasteiger partial charge in [-0.2, -0.15) is 0 Å². The number of hydrogen-bond acceptors (Lipinski definition) is 2. The first-order valence-electron chi connectivity index (χ1n) is 23.6. The maximum Gasteiger partial charge on any atom is 0.252 e. The molecule has 3 aliphatic heterocycles. The van der Waals surface area contributed by atoms with E-state index in [0.717, 1.165) is 25.7 Å². The Hall–Kier alpha value is -5.02. The zero-order valence-corrected chi connectivity index (χ0v) is 39.6. The van der Waals surface area contributed by atoms with E-state index in [0.29, 0.717) is 5.92 Å². The number of rotatable bonds is 2. The Labute approximate surface area is 374 Å². The van der Waals surface area contributed by atoms with Gasteiger partial charge in [-0.25, -0.2) is 0 Å². The fraction of sp³-hybridized carbons (Fsp3) is 0.390. The van der Waals surface area contributed by atoms with Crippen LogP contribution in [0.1, 0.15) is 131 Å². The van der Waals surface area contributed by atoms with Crippen LogP contribution in [0, 0.1) is 11.3 Å². The van der Waals surface area contributed by atoms with Gasteiger partial charge in [-0.05, 0) is 141 Å². The molecule has 3 atom stereocenters. The number of fused-ring (bicyclic) bond motifs is 11. The van der Waals surface area contributed by atoms with Crippen molar-refractivity contribution in [2.24, 2.45) is 11.3 Å². The van der Waals surface area contributed by atoms with E-state index in [9.17, 15) is 0 Å². The molecule has 4 aromatic rings. The minimum absolute atomic E-state index is 0.00215. The zero-order chi connectivity index (χ0) is 43.7. The van der Waals surface area contributed by atoms with E-state index >= 15 is 0 Å². The molecular weight excluding hydrogens is 747 g/mol. The molecule has 10 rings (SSSR count). The van der Waals surface area contributed by atoms with Gasteiger partial charge in [0.2, 0.25) is 0 Å². The average Bonchev–Trinajstić information content (AvgIpc) is 3.24. The Bertz CT molecular complexity index is 2690. The number of hydrogen-bond donors (Lipinski definition) is 0. The monoisotopic (exact) mass is 815 g/mol. The van der Waals surface area contributed by atoms with Gasteiger partial charge in [0.15, 0.2) is 0 Å². The molecule has 0 saturated carbocycles. The highest BCUT2D eigenvalue weighted by molar-refractivity contribution is 7.00. The summed E-state index contributed by atoms with van der Waals surface area (Å²) < 4.78 is 0. The highest BCUT2D eigenvalue weighted by atomic mass is 15.2. The zero-order valence-electron chi connectivity index (χ0n) is 39.6. The minimum Gasteiger partial charge on any atom is -0.335 e. The molecule has 6 aliphatic rings. The van der Waals surface area contributed by atoms with Gasteiger partial charge >= 0.3 is 0 Å². The van der Waals surface area contributed by atoms with Gasteiger partial charge in [-0.3, -0.25) is 0 Å². The summed E-state index contributed by atoms with van der Waals surface area (Å²) in [6.07, 6.45) is 26.3. The highest BCUT2D eigenvalue weighted by Crippen LogP contribution is 2.54. The van der Waals surface area contributed by atoms with Crippen LogP contribution in [0.25, 0.3) is 0 Å². The van der Waals surface area contributed by atoms with Gasteiger partial charge in [-0.1, -0.05) is 178 Å². The Kier molecular flexibility index (Phi) is 9.26. The van der Waals surface area contributed by atoms with Gasteiger partial charge in [0.1, 0.15) is 0 Å². The lowest BCUT2D eigenvalue weighted by Gasteiger charge is -2.50. The Balaban J connectivity index is 1.36. The molecular formula is C59H67BN2. The van der Waals surface area contributed by atoms with Crippen molar-refractivity contribution in [2.45, 2.75) is 136 Å². The topological polar surface area (TPSA) is 6.48 Å². The largest absolute Gasteiger partial charge is 0.335 e. The smallest absolute Gasteiger partial charge is 0.252 e. The van der Waals surface area contributed by atoms with Crippen LogP contribution >= 0.6 is 0 Å². The van der Waals surface area contributed by atoms with Crippen molar-refractivity contribution in [3.8, 4) is 0 Å². The standard InChI is InChI=1S/C59H67BN2/c1-55(2,3)38-24-28-46(29-25-38)61-50-30-26-40(56(4,5)6)34-48(50)60-49-35-41(57(7,8)9)27-31-51(49)62-47-23-17-21-43(33-47)58(10,11)42-20-16-22-44(32-42)59(12,39-18-14-13-15-19-39)45-36-52(61)54(60)53(62)37-45/h14,16-31,34-37,42,47H,13,15,32-33H2,1-12H3. The predicted octanol–water partition coefficient (Wildman–Crippen LogP) is 13.7. The molecule has 0 amide bonds. The number of anilines is 5. The van der Waals surface area contributed by atoms with Crippen LogP contribution in [-0.4, -0.2) is 12.8 Å². The van der Waals surface area contributed by atoms with Crippen LogP contribution in [0.5, 0.6) is 0 Å². The lowest BCUT2D eigenvalue weighted by molar-refractivity contribution is 0.295. The molecule has 0 N–H and O–H groups in total. The summed E-state index contributed by atoms with van der Waals surface area (Å²) in [4.78, 5) is 5.43. The van der Waals surface area contributed by atoms with Crippen molar-refractivity contribution in [2.75, 3.05) is 9.80 Å². The van der Waals surface area contributed by atoms with Gasteiger partial charge in [0.25, 0.3) is 6.71 Å². The predicted molar refractivity (Wildman–Crippen MR) is 269 cm³/mol. The molecule has 3 aliphatic carbocycles. The quantitative estimate of drug-likeness (QED) is 0.164. The van der Waals surface area contributed by atoms with E-state index in [-0.39, 0.29) is 39.8 Å². The van der Waals surface area contributed by atoms with Crippen molar-refractivity contribution in [3.63, 3.8) is 0 Å². The lowest BCUT2D eigenvalue weighted by atomic mass is 9.33. The molecule has 62 heavy (non-hydrogen) atoms. The maximum absolute atomic E-state index is 2.78. The third kappa shape index (κ3) is 6.34. The molecule has 0 fully saturated rings. The van der Waals surface area contributed by atoms with Gasteiger partial charge in [-0.15, -0.1) is 0 Å². The second-order valence-corrected chi connectivity index (χ2v) is 23.1. The van der Waals surface area contributed by atoms with Crippen molar-refractivity contribution in [3.05, 3.63) is 166 Å². The normalized spacial score (nSPS) is 23.4. The molecule has 0 aromatic heterocycles. The van der Waals surface area contributed by atoms with Gasteiger partial charge in [0.05, 0.1) is 6.04 Å². The fourth-order valence-electron chi connectivity index (χ4n) is 11.6. The first-order valence-corrected chi connectivity index (χ1v) is 23.6. The minimum atomic E-state index is -0.338. The third-order valence-corrected chi connectivity index (χ3v) is 15.8. The summed E-state index contributed by atoms with van der Waals surface area (Å²) in [5.41, 5.74) is 20.4. The third-order valence-electron chi connectivity index (χ3n) is 15.8.